The minimum absolute atomic E-state index is 0.134. The molecule has 0 bridgehead atoms. The zero-order chi connectivity index (χ0) is 14.4. The maximum atomic E-state index is 11.7. The molecule has 1 aromatic carbocycles. The summed E-state index contributed by atoms with van der Waals surface area (Å²) in [6.07, 6.45) is 3.13. The van der Waals surface area contributed by atoms with Crippen LogP contribution in [0.3, 0.4) is 0 Å². The van der Waals surface area contributed by atoms with Crippen LogP contribution in [0.5, 0.6) is 5.75 Å². The highest BCUT2D eigenvalue weighted by atomic mass is 16.3. The van der Waals surface area contributed by atoms with E-state index in [0.717, 1.165) is 38.9 Å². The summed E-state index contributed by atoms with van der Waals surface area (Å²) in [5.74, 6) is 0.999. The Balaban J connectivity index is 1.77. The monoisotopic (exact) mass is 276 g/mol. The molecule has 0 aromatic heterocycles. The standard InChI is InChI=1S/C16H24N2O2/c1-2-9-17-16(20)12-18-10-7-14(8-11-18)13-3-5-15(19)6-4-13/h3-6,14,19H,2,7-12H2,1H3,(H,17,20). The predicted octanol–water partition coefficient (Wildman–Crippen LogP) is 2.10. The van der Waals surface area contributed by atoms with Gasteiger partial charge in [-0.2, -0.15) is 0 Å². The zero-order valence-corrected chi connectivity index (χ0v) is 12.1. The summed E-state index contributed by atoms with van der Waals surface area (Å²) in [6.45, 7) is 5.27. The van der Waals surface area contributed by atoms with Gasteiger partial charge in [-0.3, -0.25) is 9.69 Å². The number of amides is 1. The molecule has 1 fully saturated rings. The first-order chi connectivity index (χ1) is 9.69. The van der Waals surface area contributed by atoms with E-state index in [1.165, 1.54) is 5.56 Å². The molecular weight excluding hydrogens is 252 g/mol. The van der Waals surface area contributed by atoms with Crippen LogP contribution in [0.1, 0.15) is 37.7 Å². The third-order valence-electron chi connectivity index (χ3n) is 3.89. The van der Waals surface area contributed by atoms with Gasteiger partial charge in [0.05, 0.1) is 6.54 Å². The Morgan fingerprint density at radius 1 is 1.30 bits per heavy atom. The molecule has 4 heteroatoms. The van der Waals surface area contributed by atoms with Crippen molar-refractivity contribution >= 4 is 5.91 Å². The van der Waals surface area contributed by atoms with Crippen molar-refractivity contribution in [2.45, 2.75) is 32.1 Å². The second kappa shape index (κ2) is 7.29. The molecule has 0 spiro atoms. The second-order valence-corrected chi connectivity index (χ2v) is 5.49. The number of piperidine rings is 1. The normalized spacial score (nSPS) is 17.1. The number of nitrogens with zero attached hydrogens (tertiary/aromatic N) is 1. The largest absolute Gasteiger partial charge is 0.508 e. The van der Waals surface area contributed by atoms with Gasteiger partial charge in [-0.1, -0.05) is 19.1 Å². The SMILES string of the molecule is CCCNC(=O)CN1CCC(c2ccc(O)cc2)CC1. The van der Waals surface area contributed by atoms with Crippen molar-refractivity contribution in [1.29, 1.82) is 0 Å². The number of phenolic OH excluding ortho intramolecular Hbond substituents is 1. The van der Waals surface area contributed by atoms with Crippen LogP contribution in [0, 0.1) is 0 Å². The number of benzene rings is 1. The van der Waals surface area contributed by atoms with E-state index in [-0.39, 0.29) is 5.91 Å². The van der Waals surface area contributed by atoms with Crippen molar-refractivity contribution in [2.75, 3.05) is 26.2 Å². The Kier molecular flexibility index (Phi) is 5.41. The van der Waals surface area contributed by atoms with Gasteiger partial charge >= 0.3 is 0 Å². The minimum atomic E-state index is 0.134. The second-order valence-electron chi connectivity index (χ2n) is 5.49. The van der Waals surface area contributed by atoms with Crippen molar-refractivity contribution in [2.24, 2.45) is 0 Å². The summed E-state index contributed by atoms with van der Waals surface area (Å²) in [5, 5.41) is 12.2. The molecule has 1 aromatic rings. The van der Waals surface area contributed by atoms with Crippen LogP contribution in [0.2, 0.25) is 0 Å². The molecule has 20 heavy (non-hydrogen) atoms. The van der Waals surface area contributed by atoms with Gasteiger partial charge in [-0.15, -0.1) is 0 Å². The van der Waals surface area contributed by atoms with Crippen molar-refractivity contribution < 1.29 is 9.90 Å². The molecular formula is C16H24N2O2. The zero-order valence-electron chi connectivity index (χ0n) is 12.1. The van der Waals surface area contributed by atoms with Gasteiger partial charge in [0.15, 0.2) is 0 Å². The number of rotatable bonds is 5. The molecule has 2 rings (SSSR count). The molecule has 1 aliphatic heterocycles. The van der Waals surface area contributed by atoms with Gasteiger partial charge in [0, 0.05) is 6.54 Å². The number of hydrogen-bond donors (Lipinski definition) is 2. The molecule has 1 saturated heterocycles. The summed E-state index contributed by atoms with van der Waals surface area (Å²) in [5.41, 5.74) is 1.29. The number of nitrogens with one attached hydrogen (secondary N) is 1. The van der Waals surface area contributed by atoms with Gasteiger partial charge in [0.25, 0.3) is 0 Å². The molecule has 0 aliphatic carbocycles. The Morgan fingerprint density at radius 3 is 2.55 bits per heavy atom. The Bertz CT molecular complexity index is 423. The Hall–Kier alpha value is -1.55. The molecule has 110 valence electrons. The number of carbonyl (C=O) groups excluding carboxylic acids is 1. The highest BCUT2D eigenvalue weighted by Crippen LogP contribution is 2.28. The smallest absolute Gasteiger partial charge is 0.234 e. The minimum Gasteiger partial charge on any atom is -0.508 e. The number of phenols is 1. The van der Waals surface area contributed by atoms with E-state index in [4.69, 9.17) is 0 Å². The van der Waals surface area contributed by atoms with Crippen LogP contribution in [-0.2, 0) is 4.79 Å². The number of hydrogen-bond acceptors (Lipinski definition) is 3. The van der Waals surface area contributed by atoms with Crippen molar-refractivity contribution in [1.82, 2.24) is 10.2 Å². The number of aromatic hydroxyl groups is 1. The van der Waals surface area contributed by atoms with Crippen molar-refractivity contribution in [3.05, 3.63) is 29.8 Å². The molecule has 0 saturated carbocycles. The quantitative estimate of drug-likeness (QED) is 0.866. The lowest BCUT2D eigenvalue weighted by Gasteiger charge is -2.31. The lowest BCUT2D eigenvalue weighted by atomic mass is 9.89. The van der Waals surface area contributed by atoms with Gasteiger partial charge < -0.3 is 10.4 Å². The number of carbonyl (C=O) groups is 1. The first-order valence-corrected chi connectivity index (χ1v) is 7.47. The summed E-state index contributed by atoms with van der Waals surface area (Å²) in [7, 11) is 0. The topological polar surface area (TPSA) is 52.6 Å². The maximum Gasteiger partial charge on any atom is 0.234 e. The van der Waals surface area contributed by atoms with E-state index in [1.54, 1.807) is 12.1 Å². The lowest BCUT2D eigenvalue weighted by molar-refractivity contribution is -0.122. The van der Waals surface area contributed by atoms with Gasteiger partial charge in [0.1, 0.15) is 5.75 Å². The van der Waals surface area contributed by atoms with Crippen LogP contribution < -0.4 is 5.32 Å². The molecule has 1 amide bonds. The van der Waals surface area contributed by atoms with Gasteiger partial charge in [-0.05, 0) is 56.0 Å². The van der Waals surface area contributed by atoms with Gasteiger partial charge in [0.2, 0.25) is 5.91 Å². The van der Waals surface area contributed by atoms with Crippen LogP contribution in [0.4, 0.5) is 0 Å². The van der Waals surface area contributed by atoms with Crippen LogP contribution >= 0.6 is 0 Å². The lowest BCUT2D eigenvalue weighted by Crippen LogP contribution is -2.41. The van der Waals surface area contributed by atoms with Crippen molar-refractivity contribution in [3.63, 3.8) is 0 Å². The number of likely N-dealkylation sites (tertiary alicyclic amines) is 1. The first kappa shape index (κ1) is 14.9. The van der Waals surface area contributed by atoms with E-state index < -0.39 is 0 Å². The third kappa shape index (κ3) is 4.23. The highest BCUT2D eigenvalue weighted by Gasteiger charge is 2.21. The summed E-state index contributed by atoms with van der Waals surface area (Å²) >= 11 is 0. The molecule has 0 unspecified atom stereocenters. The molecule has 4 nitrogen and oxygen atoms in total. The molecule has 1 aliphatic rings. The Labute approximate surface area is 120 Å². The van der Waals surface area contributed by atoms with E-state index in [9.17, 15) is 9.90 Å². The van der Waals surface area contributed by atoms with E-state index in [0.29, 0.717) is 18.2 Å². The average molecular weight is 276 g/mol. The fourth-order valence-corrected chi connectivity index (χ4v) is 2.69. The third-order valence-corrected chi connectivity index (χ3v) is 3.89. The Morgan fingerprint density at radius 2 is 1.95 bits per heavy atom. The fraction of sp³-hybridized carbons (Fsp3) is 0.562. The average Bonchev–Trinajstić information content (AvgIpc) is 2.47. The summed E-state index contributed by atoms with van der Waals surface area (Å²) < 4.78 is 0. The van der Waals surface area contributed by atoms with Crippen molar-refractivity contribution in [3.8, 4) is 5.75 Å². The van der Waals surface area contributed by atoms with Gasteiger partial charge in [-0.25, -0.2) is 0 Å². The summed E-state index contributed by atoms with van der Waals surface area (Å²) in [6, 6.07) is 7.51. The molecule has 2 N–H and O–H groups in total. The predicted molar refractivity (Wildman–Crippen MR) is 79.8 cm³/mol. The van der Waals surface area contributed by atoms with E-state index in [1.807, 2.05) is 12.1 Å². The first-order valence-electron chi connectivity index (χ1n) is 7.47. The maximum absolute atomic E-state index is 11.7. The van der Waals surface area contributed by atoms with Crippen LogP contribution in [0.15, 0.2) is 24.3 Å². The molecule has 0 radical (unpaired) electrons. The van der Waals surface area contributed by atoms with Crippen LogP contribution in [0.25, 0.3) is 0 Å². The molecule has 0 atom stereocenters. The van der Waals surface area contributed by atoms with Crippen LogP contribution in [-0.4, -0.2) is 42.1 Å². The highest BCUT2D eigenvalue weighted by molar-refractivity contribution is 5.77. The summed E-state index contributed by atoms with van der Waals surface area (Å²) in [4.78, 5) is 13.9. The molecule has 1 heterocycles. The fourth-order valence-electron chi connectivity index (χ4n) is 2.69. The van der Waals surface area contributed by atoms with E-state index >= 15 is 0 Å². The van der Waals surface area contributed by atoms with E-state index in [2.05, 4.69) is 17.1 Å².